The minimum atomic E-state index is -1.08. The van der Waals surface area contributed by atoms with Gasteiger partial charge in [-0.25, -0.2) is 9.97 Å². The number of morpholine rings is 1. The SMILES string of the molecule is CC(O)C(=O)Nc1cccc(-c2cc3nc(-c4cccc5[nH]ncc45)nc(N4CCOCC4)c3s2)c1. The molecule has 10 heteroatoms. The van der Waals surface area contributed by atoms with Gasteiger partial charge in [-0.15, -0.1) is 11.3 Å². The molecule has 1 atom stereocenters. The highest BCUT2D eigenvalue weighted by Gasteiger charge is 2.21. The van der Waals surface area contributed by atoms with Crippen LogP contribution in [-0.4, -0.2) is 63.6 Å². The maximum atomic E-state index is 12.0. The molecule has 0 spiro atoms. The van der Waals surface area contributed by atoms with Gasteiger partial charge in [-0.05, 0) is 36.8 Å². The van der Waals surface area contributed by atoms with Gasteiger partial charge in [0, 0.05) is 34.6 Å². The maximum absolute atomic E-state index is 12.0. The fourth-order valence-corrected chi connectivity index (χ4v) is 5.44. The van der Waals surface area contributed by atoms with Crippen molar-refractivity contribution in [3.05, 3.63) is 54.7 Å². The third-order valence-electron chi connectivity index (χ3n) is 6.18. The second-order valence-electron chi connectivity index (χ2n) is 8.68. The van der Waals surface area contributed by atoms with Gasteiger partial charge < -0.3 is 20.1 Å². The molecule has 0 radical (unpaired) electrons. The number of fused-ring (bicyclic) bond motifs is 2. The van der Waals surface area contributed by atoms with Gasteiger partial charge in [0.05, 0.1) is 35.1 Å². The van der Waals surface area contributed by atoms with E-state index in [0.29, 0.717) is 24.7 Å². The number of hydrogen-bond acceptors (Lipinski definition) is 8. The molecule has 6 rings (SSSR count). The number of ether oxygens (including phenoxy) is 1. The first kappa shape index (κ1) is 22.6. The molecule has 9 nitrogen and oxygen atoms in total. The zero-order valence-corrected chi connectivity index (χ0v) is 20.4. The van der Waals surface area contributed by atoms with Crippen LogP contribution >= 0.6 is 11.3 Å². The summed E-state index contributed by atoms with van der Waals surface area (Å²) >= 11 is 1.63. The second kappa shape index (κ2) is 9.30. The van der Waals surface area contributed by atoms with E-state index in [4.69, 9.17) is 14.7 Å². The van der Waals surface area contributed by atoms with E-state index in [9.17, 15) is 9.90 Å². The summed E-state index contributed by atoms with van der Waals surface area (Å²) < 4.78 is 6.59. The van der Waals surface area contributed by atoms with Crippen LogP contribution in [0.2, 0.25) is 0 Å². The molecule has 182 valence electrons. The fourth-order valence-electron chi connectivity index (χ4n) is 4.33. The lowest BCUT2D eigenvalue weighted by atomic mass is 10.1. The Morgan fingerprint density at radius 2 is 2.00 bits per heavy atom. The summed E-state index contributed by atoms with van der Waals surface area (Å²) in [5.41, 5.74) is 4.30. The number of aliphatic hydroxyl groups is 1. The first-order valence-electron chi connectivity index (χ1n) is 11.7. The molecule has 1 aliphatic rings. The molecule has 1 amide bonds. The first-order valence-corrected chi connectivity index (χ1v) is 12.5. The van der Waals surface area contributed by atoms with Crippen LogP contribution in [0.25, 0.3) is 42.9 Å². The summed E-state index contributed by atoms with van der Waals surface area (Å²) in [5.74, 6) is 1.11. The standard InChI is InChI=1S/C26H24N6O3S/c1-15(33)26(34)28-17-5-2-4-16(12-17)22-13-21-23(36-22)25(32-8-10-35-11-9-32)30-24(29-21)18-6-3-7-20-19(18)14-27-31-20/h2-7,12-15,33H,8-11H2,1H3,(H,27,31)(H,28,34). The number of nitrogens with zero attached hydrogens (tertiary/aromatic N) is 4. The zero-order valence-electron chi connectivity index (χ0n) is 19.6. The smallest absolute Gasteiger partial charge is 0.252 e. The largest absolute Gasteiger partial charge is 0.384 e. The van der Waals surface area contributed by atoms with Crippen LogP contribution in [0.4, 0.5) is 11.5 Å². The molecule has 1 fully saturated rings. The summed E-state index contributed by atoms with van der Waals surface area (Å²) in [4.78, 5) is 25.3. The van der Waals surface area contributed by atoms with Crippen LogP contribution in [0.1, 0.15) is 6.92 Å². The van der Waals surface area contributed by atoms with Crippen LogP contribution in [-0.2, 0) is 9.53 Å². The number of aromatic amines is 1. The van der Waals surface area contributed by atoms with Crippen LogP contribution in [0.15, 0.2) is 54.7 Å². The minimum Gasteiger partial charge on any atom is -0.384 e. The molecular weight excluding hydrogens is 476 g/mol. The van der Waals surface area contributed by atoms with Gasteiger partial charge in [0.2, 0.25) is 0 Å². The Kier molecular flexibility index (Phi) is 5.84. The molecule has 4 heterocycles. The number of thiophene rings is 1. The Morgan fingerprint density at radius 3 is 2.83 bits per heavy atom. The van der Waals surface area contributed by atoms with E-state index in [0.717, 1.165) is 56.0 Å². The van der Waals surface area contributed by atoms with E-state index in [2.05, 4.69) is 26.5 Å². The Balaban J connectivity index is 1.48. The number of aliphatic hydroxyl groups excluding tert-OH is 1. The number of carbonyl (C=O) groups excluding carboxylic acids is 1. The lowest BCUT2D eigenvalue weighted by Crippen LogP contribution is -2.36. The molecule has 3 N–H and O–H groups in total. The lowest BCUT2D eigenvalue weighted by Gasteiger charge is -2.28. The molecular formula is C26H24N6O3S. The topological polar surface area (TPSA) is 116 Å². The molecule has 0 bridgehead atoms. The van der Waals surface area contributed by atoms with Crippen LogP contribution in [0, 0.1) is 0 Å². The van der Waals surface area contributed by atoms with Gasteiger partial charge in [0.1, 0.15) is 6.10 Å². The van der Waals surface area contributed by atoms with E-state index in [-0.39, 0.29) is 0 Å². The normalized spacial score (nSPS) is 14.9. The predicted molar refractivity (Wildman–Crippen MR) is 141 cm³/mol. The maximum Gasteiger partial charge on any atom is 0.252 e. The molecule has 0 aliphatic carbocycles. The van der Waals surface area contributed by atoms with Crippen molar-refractivity contribution in [1.29, 1.82) is 0 Å². The van der Waals surface area contributed by atoms with Gasteiger partial charge in [-0.2, -0.15) is 5.10 Å². The van der Waals surface area contributed by atoms with Crippen LogP contribution in [0.3, 0.4) is 0 Å². The molecule has 5 aromatic rings. The minimum absolute atomic E-state index is 0.443. The summed E-state index contributed by atoms with van der Waals surface area (Å²) in [7, 11) is 0. The fraction of sp³-hybridized carbons (Fsp3) is 0.231. The lowest BCUT2D eigenvalue weighted by molar-refractivity contribution is -0.123. The summed E-state index contributed by atoms with van der Waals surface area (Å²) in [6, 6.07) is 15.6. The number of benzene rings is 2. The van der Waals surface area contributed by atoms with Crippen molar-refractivity contribution < 1.29 is 14.6 Å². The summed E-state index contributed by atoms with van der Waals surface area (Å²) in [6.07, 6.45) is 0.723. The van der Waals surface area contributed by atoms with Gasteiger partial charge >= 0.3 is 0 Å². The number of amides is 1. The Morgan fingerprint density at radius 1 is 1.17 bits per heavy atom. The number of carbonyl (C=O) groups is 1. The molecule has 0 saturated carbocycles. The third kappa shape index (κ3) is 4.19. The third-order valence-corrected chi connectivity index (χ3v) is 7.35. The van der Waals surface area contributed by atoms with E-state index in [1.165, 1.54) is 6.92 Å². The quantitative estimate of drug-likeness (QED) is 0.333. The Bertz CT molecular complexity index is 1570. The van der Waals surface area contributed by atoms with Crippen molar-refractivity contribution in [1.82, 2.24) is 20.2 Å². The Labute approximate surface area is 210 Å². The number of nitrogens with one attached hydrogen (secondary N) is 2. The molecule has 2 aromatic carbocycles. The van der Waals surface area contributed by atoms with Crippen molar-refractivity contribution in [2.24, 2.45) is 0 Å². The van der Waals surface area contributed by atoms with E-state index < -0.39 is 12.0 Å². The van der Waals surface area contributed by atoms with Gasteiger partial charge in [0.25, 0.3) is 5.91 Å². The van der Waals surface area contributed by atoms with Crippen molar-refractivity contribution in [3.8, 4) is 21.8 Å². The second-order valence-corrected chi connectivity index (χ2v) is 9.73. The summed E-state index contributed by atoms with van der Waals surface area (Å²) in [5, 5.41) is 20.5. The van der Waals surface area contributed by atoms with Crippen molar-refractivity contribution in [2.75, 3.05) is 36.5 Å². The number of H-pyrrole nitrogens is 1. The highest BCUT2D eigenvalue weighted by Crippen LogP contribution is 2.40. The number of hydrogen-bond donors (Lipinski definition) is 3. The van der Waals surface area contributed by atoms with E-state index in [1.54, 1.807) is 23.6 Å². The van der Waals surface area contributed by atoms with Crippen LogP contribution < -0.4 is 10.2 Å². The predicted octanol–water partition coefficient (Wildman–Crippen LogP) is 4.06. The molecule has 1 saturated heterocycles. The highest BCUT2D eigenvalue weighted by molar-refractivity contribution is 7.22. The highest BCUT2D eigenvalue weighted by atomic mass is 32.1. The molecule has 3 aromatic heterocycles. The van der Waals surface area contributed by atoms with E-state index >= 15 is 0 Å². The molecule has 1 unspecified atom stereocenters. The van der Waals surface area contributed by atoms with Crippen molar-refractivity contribution in [3.63, 3.8) is 0 Å². The van der Waals surface area contributed by atoms with Crippen LogP contribution in [0.5, 0.6) is 0 Å². The number of anilines is 2. The zero-order chi connectivity index (χ0) is 24.6. The summed E-state index contributed by atoms with van der Waals surface area (Å²) in [6.45, 7) is 4.27. The van der Waals surface area contributed by atoms with Crippen molar-refractivity contribution in [2.45, 2.75) is 13.0 Å². The average Bonchev–Trinajstić information content (AvgIpc) is 3.56. The number of rotatable bonds is 5. The number of aromatic nitrogens is 4. The Hall–Kier alpha value is -3.86. The van der Waals surface area contributed by atoms with Gasteiger partial charge in [0.15, 0.2) is 11.6 Å². The first-order chi connectivity index (χ1) is 17.6. The monoisotopic (exact) mass is 500 g/mol. The molecule has 1 aliphatic heterocycles. The average molecular weight is 501 g/mol. The molecule has 36 heavy (non-hydrogen) atoms. The van der Waals surface area contributed by atoms with Gasteiger partial charge in [-0.1, -0.05) is 24.3 Å². The van der Waals surface area contributed by atoms with Gasteiger partial charge in [-0.3, -0.25) is 9.89 Å². The van der Waals surface area contributed by atoms with E-state index in [1.807, 2.05) is 36.4 Å². The van der Waals surface area contributed by atoms with Crippen molar-refractivity contribution >= 4 is 49.9 Å².